The second kappa shape index (κ2) is 7.34. The fourth-order valence-corrected chi connectivity index (χ4v) is 3.05. The van der Waals surface area contributed by atoms with E-state index in [4.69, 9.17) is 4.74 Å². The van der Waals surface area contributed by atoms with E-state index in [0.29, 0.717) is 0 Å². The smallest absolute Gasteiger partial charge is 0.0506 e. The average molecular weight is 240 g/mol. The molecule has 2 rings (SSSR count). The Morgan fingerprint density at radius 1 is 1.29 bits per heavy atom. The summed E-state index contributed by atoms with van der Waals surface area (Å²) in [7, 11) is 0. The number of rotatable bonds is 5. The van der Waals surface area contributed by atoms with E-state index in [1.165, 1.54) is 58.3 Å². The summed E-state index contributed by atoms with van der Waals surface area (Å²) in [6.07, 6.45) is 6.58. The maximum atomic E-state index is 5.57. The molecule has 2 aliphatic heterocycles. The highest BCUT2D eigenvalue weighted by Crippen LogP contribution is 2.18. The minimum absolute atomic E-state index is 0.730. The van der Waals surface area contributed by atoms with Crippen LogP contribution in [0.1, 0.15) is 39.0 Å². The lowest BCUT2D eigenvalue weighted by atomic mass is 9.99. The molecule has 0 radical (unpaired) electrons. The van der Waals surface area contributed by atoms with Crippen molar-refractivity contribution in [2.45, 2.75) is 45.1 Å². The topological polar surface area (TPSA) is 24.5 Å². The summed E-state index contributed by atoms with van der Waals surface area (Å²) in [5.41, 5.74) is 0. The van der Waals surface area contributed by atoms with Gasteiger partial charge in [-0.05, 0) is 51.1 Å². The van der Waals surface area contributed by atoms with Crippen LogP contribution in [0.4, 0.5) is 0 Å². The molecule has 0 aromatic rings. The van der Waals surface area contributed by atoms with E-state index in [-0.39, 0.29) is 0 Å². The summed E-state index contributed by atoms with van der Waals surface area (Å²) in [5, 5.41) is 3.67. The van der Waals surface area contributed by atoms with Crippen LogP contribution < -0.4 is 5.32 Å². The third kappa shape index (κ3) is 4.57. The quantitative estimate of drug-likeness (QED) is 0.794. The van der Waals surface area contributed by atoms with E-state index in [1.807, 2.05) is 0 Å². The van der Waals surface area contributed by atoms with Crippen molar-refractivity contribution in [2.75, 3.05) is 39.4 Å². The van der Waals surface area contributed by atoms with Gasteiger partial charge in [0.2, 0.25) is 0 Å². The molecule has 100 valence electrons. The lowest BCUT2D eigenvalue weighted by Gasteiger charge is -2.36. The molecule has 0 aromatic heterocycles. The van der Waals surface area contributed by atoms with Gasteiger partial charge in [0.15, 0.2) is 0 Å². The van der Waals surface area contributed by atoms with E-state index in [1.54, 1.807) is 0 Å². The first-order valence-corrected chi connectivity index (χ1v) is 7.42. The molecule has 1 N–H and O–H groups in total. The summed E-state index contributed by atoms with van der Waals surface area (Å²) in [4.78, 5) is 2.65. The molecule has 2 atom stereocenters. The summed E-state index contributed by atoms with van der Waals surface area (Å²) >= 11 is 0. The number of piperidine rings is 1. The van der Waals surface area contributed by atoms with Crippen LogP contribution >= 0.6 is 0 Å². The van der Waals surface area contributed by atoms with Crippen LogP contribution in [0.15, 0.2) is 0 Å². The largest absolute Gasteiger partial charge is 0.381 e. The SMILES string of the molecule is CCCNC1CCCN(CC2CCCOC2)C1. The molecule has 2 saturated heterocycles. The predicted molar refractivity (Wildman–Crippen MR) is 71.3 cm³/mol. The number of nitrogens with zero attached hydrogens (tertiary/aromatic N) is 1. The van der Waals surface area contributed by atoms with Crippen molar-refractivity contribution in [3.05, 3.63) is 0 Å². The molecule has 3 nitrogen and oxygen atoms in total. The summed E-state index contributed by atoms with van der Waals surface area (Å²) < 4.78 is 5.57. The van der Waals surface area contributed by atoms with Crippen LogP contribution in [0.25, 0.3) is 0 Å². The molecule has 2 heterocycles. The van der Waals surface area contributed by atoms with Crippen molar-refractivity contribution >= 4 is 0 Å². The summed E-state index contributed by atoms with van der Waals surface area (Å²) in [6.45, 7) is 9.18. The molecule has 3 heteroatoms. The Kier molecular flexibility index (Phi) is 5.75. The second-order valence-electron chi connectivity index (χ2n) is 5.64. The molecule has 2 unspecified atom stereocenters. The molecule has 0 aliphatic carbocycles. The Hall–Kier alpha value is -0.120. The zero-order chi connectivity index (χ0) is 11.9. The highest BCUT2D eigenvalue weighted by Gasteiger charge is 2.23. The first-order chi connectivity index (χ1) is 8.38. The fraction of sp³-hybridized carbons (Fsp3) is 1.00. The standard InChI is InChI=1S/C14H28N2O/c1-2-7-15-14-6-3-8-16(11-14)10-13-5-4-9-17-12-13/h13-15H,2-12H2,1H3. The first kappa shape index (κ1) is 13.3. The Morgan fingerprint density at radius 3 is 3.00 bits per heavy atom. The van der Waals surface area contributed by atoms with Crippen molar-refractivity contribution < 1.29 is 4.74 Å². The van der Waals surface area contributed by atoms with Crippen molar-refractivity contribution in [3.8, 4) is 0 Å². The number of ether oxygens (including phenoxy) is 1. The number of likely N-dealkylation sites (tertiary alicyclic amines) is 1. The van der Waals surface area contributed by atoms with Gasteiger partial charge < -0.3 is 15.0 Å². The van der Waals surface area contributed by atoms with Gasteiger partial charge in [0.25, 0.3) is 0 Å². The number of nitrogens with one attached hydrogen (secondary N) is 1. The Labute approximate surface area is 106 Å². The first-order valence-electron chi connectivity index (χ1n) is 7.42. The number of hydrogen-bond acceptors (Lipinski definition) is 3. The highest BCUT2D eigenvalue weighted by molar-refractivity contribution is 4.80. The van der Waals surface area contributed by atoms with Gasteiger partial charge in [-0.1, -0.05) is 6.92 Å². The van der Waals surface area contributed by atoms with Crippen LogP contribution in [0, 0.1) is 5.92 Å². The predicted octanol–water partition coefficient (Wildman–Crippen LogP) is 1.88. The molecule has 0 bridgehead atoms. The van der Waals surface area contributed by atoms with Gasteiger partial charge in [-0.2, -0.15) is 0 Å². The van der Waals surface area contributed by atoms with Crippen LogP contribution in [0.3, 0.4) is 0 Å². The van der Waals surface area contributed by atoms with E-state index in [2.05, 4.69) is 17.1 Å². The number of hydrogen-bond donors (Lipinski definition) is 1. The van der Waals surface area contributed by atoms with Gasteiger partial charge in [-0.15, -0.1) is 0 Å². The monoisotopic (exact) mass is 240 g/mol. The van der Waals surface area contributed by atoms with Gasteiger partial charge in [-0.3, -0.25) is 0 Å². The van der Waals surface area contributed by atoms with Crippen molar-refractivity contribution in [3.63, 3.8) is 0 Å². The van der Waals surface area contributed by atoms with E-state index in [0.717, 1.165) is 25.2 Å². The van der Waals surface area contributed by atoms with E-state index in [9.17, 15) is 0 Å². The molecular formula is C14H28N2O. The fourth-order valence-electron chi connectivity index (χ4n) is 3.05. The molecule has 2 fully saturated rings. The minimum Gasteiger partial charge on any atom is -0.381 e. The van der Waals surface area contributed by atoms with E-state index < -0.39 is 0 Å². The van der Waals surface area contributed by atoms with Gasteiger partial charge >= 0.3 is 0 Å². The van der Waals surface area contributed by atoms with Gasteiger partial charge in [0.1, 0.15) is 0 Å². The summed E-state index contributed by atoms with van der Waals surface area (Å²) in [6, 6.07) is 0.730. The van der Waals surface area contributed by atoms with Crippen molar-refractivity contribution in [1.29, 1.82) is 0 Å². The Bertz CT molecular complexity index is 204. The molecule has 0 spiro atoms. The highest BCUT2D eigenvalue weighted by atomic mass is 16.5. The molecule has 17 heavy (non-hydrogen) atoms. The van der Waals surface area contributed by atoms with Gasteiger partial charge in [0, 0.05) is 25.7 Å². The molecular weight excluding hydrogens is 212 g/mol. The maximum absolute atomic E-state index is 5.57. The van der Waals surface area contributed by atoms with Crippen molar-refractivity contribution in [1.82, 2.24) is 10.2 Å². The van der Waals surface area contributed by atoms with Crippen LogP contribution in [0.5, 0.6) is 0 Å². The molecule has 0 saturated carbocycles. The maximum Gasteiger partial charge on any atom is 0.0506 e. The Balaban J connectivity index is 1.68. The third-order valence-corrected chi connectivity index (χ3v) is 3.96. The van der Waals surface area contributed by atoms with Crippen molar-refractivity contribution in [2.24, 2.45) is 5.92 Å². The van der Waals surface area contributed by atoms with Crippen LogP contribution in [-0.4, -0.2) is 50.3 Å². The third-order valence-electron chi connectivity index (χ3n) is 3.96. The van der Waals surface area contributed by atoms with Crippen LogP contribution in [0.2, 0.25) is 0 Å². The van der Waals surface area contributed by atoms with Gasteiger partial charge in [-0.25, -0.2) is 0 Å². The second-order valence-corrected chi connectivity index (χ2v) is 5.64. The molecule has 0 amide bonds. The lowest BCUT2D eigenvalue weighted by molar-refractivity contribution is 0.0331. The van der Waals surface area contributed by atoms with Gasteiger partial charge in [0.05, 0.1) is 6.61 Å². The zero-order valence-corrected chi connectivity index (χ0v) is 11.3. The van der Waals surface area contributed by atoms with E-state index >= 15 is 0 Å². The summed E-state index contributed by atoms with van der Waals surface area (Å²) in [5.74, 6) is 0.786. The molecule has 0 aromatic carbocycles. The zero-order valence-electron chi connectivity index (χ0n) is 11.3. The normalized spacial score (nSPS) is 31.6. The lowest BCUT2D eigenvalue weighted by Crippen LogP contribution is -2.47. The minimum atomic E-state index is 0.730. The van der Waals surface area contributed by atoms with Crippen LogP contribution in [-0.2, 0) is 4.74 Å². The molecule has 2 aliphatic rings. The average Bonchev–Trinajstić information content (AvgIpc) is 2.38. The Morgan fingerprint density at radius 2 is 2.24 bits per heavy atom.